The van der Waals surface area contributed by atoms with E-state index in [1.807, 2.05) is 17.9 Å². The summed E-state index contributed by atoms with van der Waals surface area (Å²) >= 11 is 18.7. The summed E-state index contributed by atoms with van der Waals surface area (Å²) in [5, 5.41) is 14.1. The topological polar surface area (TPSA) is 102 Å². The van der Waals surface area contributed by atoms with Crippen molar-refractivity contribution in [2.45, 2.75) is 31.8 Å². The van der Waals surface area contributed by atoms with E-state index < -0.39 is 12.1 Å². The zero-order valence-electron chi connectivity index (χ0n) is 18.5. The Balaban J connectivity index is 1.40. The van der Waals surface area contributed by atoms with Gasteiger partial charge in [-0.15, -0.1) is 0 Å². The molecular formula is C22H25Cl3N6O3. The molecule has 2 atom stereocenters. The molecule has 0 bridgehead atoms. The van der Waals surface area contributed by atoms with E-state index in [1.54, 1.807) is 23.2 Å². The van der Waals surface area contributed by atoms with Crippen LogP contribution < -0.4 is 10.2 Å². The van der Waals surface area contributed by atoms with Crippen LogP contribution in [0, 0.1) is 0 Å². The summed E-state index contributed by atoms with van der Waals surface area (Å²) in [7, 11) is 0. The van der Waals surface area contributed by atoms with Crippen molar-refractivity contribution in [2.75, 3.05) is 42.9 Å². The third-order valence-corrected chi connectivity index (χ3v) is 7.01. The van der Waals surface area contributed by atoms with E-state index in [0.717, 1.165) is 5.56 Å². The summed E-state index contributed by atoms with van der Waals surface area (Å²) in [6, 6.07) is 4.54. The van der Waals surface area contributed by atoms with Gasteiger partial charge in [-0.05, 0) is 37.5 Å². The number of halogens is 3. The lowest BCUT2D eigenvalue weighted by Gasteiger charge is -2.37. The van der Waals surface area contributed by atoms with E-state index in [2.05, 4.69) is 15.3 Å². The molecule has 2 aliphatic rings. The van der Waals surface area contributed by atoms with Crippen LogP contribution >= 0.6 is 34.8 Å². The number of benzene rings is 1. The second-order valence-corrected chi connectivity index (χ2v) is 9.60. The normalized spacial score (nSPS) is 19.3. The van der Waals surface area contributed by atoms with E-state index in [0.29, 0.717) is 72.4 Å². The highest BCUT2D eigenvalue weighted by Gasteiger charge is 2.37. The number of likely N-dealkylation sites (tertiary alicyclic amines) is 1. The minimum atomic E-state index is -1.04. The standard InChI is InChI=1S/C22H25Cl3N6O3/c1-13(15-5-4-14(23)11-16(15)24)27-19-17(25)12-26-21(28-19)30-9-7-29(8-10-30)20(32)18-3-2-6-31(18)22(33)34/h4-5,11-13,18H,2-3,6-10H2,1H3,(H,33,34)(H,26,27,28)/t13?,18-/m0/s1. The molecule has 182 valence electrons. The second kappa shape index (κ2) is 10.4. The van der Waals surface area contributed by atoms with Gasteiger partial charge in [0.2, 0.25) is 11.9 Å². The molecule has 0 saturated carbocycles. The summed E-state index contributed by atoms with van der Waals surface area (Å²) in [4.78, 5) is 38.2. The molecular weight excluding hydrogens is 503 g/mol. The van der Waals surface area contributed by atoms with Gasteiger partial charge in [-0.3, -0.25) is 9.69 Å². The Kier molecular flexibility index (Phi) is 7.54. The largest absolute Gasteiger partial charge is 0.465 e. The predicted octanol–water partition coefficient (Wildman–Crippen LogP) is 4.40. The van der Waals surface area contributed by atoms with Gasteiger partial charge in [-0.2, -0.15) is 4.98 Å². The Hall–Kier alpha value is -2.49. The summed E-state index contributed by atoms with van der Waals surface area (Å²) < 4.78 is 0. The molecule has 2 N–H and O–H groups in total. The van der Waals surface area contributed by atoms with Crippen LogP contribution in [0.2, 0.25) is 15.1 Å². The molecule has 9 nitrogen and oxygen atoms in total. The number of amides is 2. The SMILES string of the molecule is CC(Nc1nc(N2CCN(C(=O)[C@@H]3CCCN3C(=O)O)CC2)ncc1Cl)c1ccc(Cl)cc1Cl. The maximum atomic E-state index is 12.9. The van der Waals surface area contributed by atoms with Crippen molar-refractivity contribution in [1.82, 2.24) is 19.8 Å². The molecule has 2 aromatic rings. The molecule has 3 heterocycles. The van der Waals surface area contributed by atoms with Crippen LogP contribution in [-0.4, -0.2) is 75.6 Å². The van der Waals surface area contributed by atoms with Crippen LogP contribution in [-0.2, 0) is 4.79 Å². The van der Waals surface area contributed by atoms with Crippen LogP contribution in [0.3, 0.4) is 0 Å². The second-order valence-electron chi connectivity index (χ2n) is 8.34. The number of carbonyl (C=O) groups is 2. The number of rotatable bonds is 5. The van der Waals surface area contributed by atoms with Crippen molar-refractivity contribution >= 4 is 58.6 Å². The van der Waals surface area contributed by atoms with Gasteiger partial charge in [0.15, 0.2) is 5.82 Å². The quantitative estimate of drug-likeness (QED) is 0.594. The molecule has 2 saturated heterocycles. The third-order valence-electron chi connectivity index (χ3n) is 6.17. The zero-order chi connectivity index (χ0) is 24.4. The lowest BCUT2D eigenvalue weighted by Crippen LogP contribution is -2.54. The molecule has 0 aliphatic carbocycles. The number of aromatic nitrogens is 2. The summed E-state index contributed by atoms with van der Waals surface area (Å²) in [5.41, 5.74) is 0.858. The van der Waals surface area contributed by atoms with Gasteiger partial charge < -0.3 is 20.2 Å². The average Bonchev–Trinajstić information content (AvgIpc) is 3.30. The molecule has 2 amide bonds. The highest BCUT2D eigenvalue weighted by molar-refractivity contribution is 6.35. The molecule has 1 unspecified atom stereocenters. The van der Waals surface area contributed by atoms with Gasteiger partial charge in [0, 0.05) is 42.8 Å². The zero-order valence-corrected chi connectivity index (χ0v) is 20.8. The Morgan fingerprint density at radius 3 is 2.53 bits per heavy atom. The first kappa shape index (κ1) is 24.6. The molecule has 34 heavy (non-hydrogen) atoms. The number of anilines is 2. The van der Waals surface area contributed by atoms with Crippen LogP contribution in [0.4, 0.5) is 16.6 Å². The smallest absolute Gasteiger partial charge is 0.407 e. The molecule has 0 spiro atoms. The fraction of sp³-hybridized carbons (Fsp3) is 0.455. The Morgan fingerprint density at radius 1 is 1.12 bits per heavy atom. The molecule has 2 fully saturated rings. The van der Waals surface area contributed by atoms with E-state index in [9.17, 15) is 14.7 Å². The first-order valence-corrected chi connectivity index (χ1v) is 12.2. The first-order valence-electron chi connectivity index (χ1n) is 11.0. The highest BCUT2D eigenvalue weighted by atomic mass is 35.5. The van der Waals surface area contributed by atoms with Crippen molar-refractivity contribution in [3.8, 4) is 0 Å². The van der Waals surface area contributed by atoms with E-state index in [-0.39, 0.29) is 11.9 Å². The number of piperazine rings is 1. The Bertz CT molecular complexity index is 1080. The molecule has 1 aromatic carbocycles. The minimum absolute atomic E-state index is 0.132. The third kappa shape index (κ3) is 5.26. The van der Waals surface area contributed by atoms with Crippen LogP contribution in [0.25, 0.3) is 0 Å². The van der Waals surface area contributed by atoms with Crippen molar-refractivity contribution in [2.24, 2.45) is 0 Å². The number of nitrogens with zero attached hydrogens (tertiary/aromatic N) is 5. The van der Waals surface area contributed by atoms with Crippen molar-refractivity contribution < 1.29 is 14.7 Å². The van der Waals surface area contributed by atoms with E-state index in [1.165, 1.54) is 4.90 Å². The molecule has 12 heteroatoms. The fourth-order valence-electron chi connectivity index (χ4n) is 4.34. The van der Waals surface area contributed by atoms with E-state index >= 15 is 0 Å². The minimum Gasteiger partial charge on any atom is -0.465 e. The monoisotopic (exact) mass is 526 g/mol. The number of carboxylic acid groups (broad SMARTS) is 1. The number of carbonyl (C=O) groups excluding carboxylic acids is 1. The Labute approximate surface area is 212 Å². The van der Waals surface area contributed by atoms with Crippen LogP contribution in [0.5, 0.6) is 0 Å². The lowest BCUT2D eigenvalue weighted by atomic mass is 10.1. The Morgan fingerprint density at radius 2 is 1.85 bits per heavy atom. The first-order chi connectivity index (χ1) is 16.2. The number of hydrogen-bond donors (Lipinski definition) is 2. The fourth-order valence-corrected chi connectivity index (χ4v) is 5.05. The molecule has 1 aromatic heterocycles. The van der Waals surface area contributed by atoms with Gasteiger partial charge in [-0.1, -0.05) is 40.9 Å². The van der Waals surface area contributed by atoms with Gasteiger partial charge in [-0.25, -0.2) is 9.78 Å². The van der Waals surface area contributed by atoms with Gasteiger partial charge in [0.1, 0.15) is 11.1 Å². The predicted molar refractivity (Wildman–Crippen MR) is 132 cm³/mol. The summed E-state index contributed by atoms with van der Waals surface area (Å²) in [6.07, 6.45) is 1.77. The average molecular weight is 528 g/mol. The van der Waals surface area contributed by atoms with Crippen molar-refractivity contribution in [1.29, 1.82) is 0 Å². The summed E-state index contributed by atoms with van der Waals surface area (Å²) in [5.74, 6) is 0.848. The lowest BCUT2D eigenvalue weighted by molar-refractivity contribution is -0.135. The van der Waals surface area contributed by atoms with Crippen LogP contribution in [0.1, 0.15) is 31.4 Å². The maximum Gasteiger partial charge on any atom is 0.407 e. The summed E-state index contributed by atoms with van der Waals surface area (Å²) in [6.45, 7) is 4.35. The van der Waals surface area contributed by atoms with E-state index in [4.69, 9.17) is 34.8 Å². The number of hydrogen-bond acceptors (Lipinski definition) is 6. The van der Waals surface area contributed by atoms with Gasteiger partial charge in [0.05, 0.1) is 12.2 Å². The van der Waals surface area contributed by atoms with Crippen LogP contribution in [0.15, 0.2) is 24.4 Å². The van der Waals surface area contributed by atoms with Gasteiger partial charge in [0.25, 0.3) is 0 Å². The molecule has 0 radical (unpaired) electrons. The maximum absolute atomic E-state index is 12.9. The molecule has 4 rings (SSSR count). The highest BCUT2D eigenvalue weighted by Crippen LogP contribution is 2.31. The molecule has 2 aliphatic heterocycles. The van der Waals surface area contributed by atoms with Crippen molar-refractivity contribution in [3.05, 3.63) is 45.0 Å². The number of nitrogens with one attached hydrogen (secondary N) is 1. The van der Waals surface area contributed by atoms with Crippen molar-refractivity contribution in [3.63, 3.8) is 0 Å². The van der Waals surface area contributed by atoms with Gasteiger partial charge >= 0.3 is 6.09 Å².